The average Bonchev–Trinajstić information content (AvgIpc) is 2.50. The zero-order chi connectivity index (χ0) is 12.0. The Hall–Kier alpha value is -0.436. The van der Waals surface area contributed by atoms with Crippen molar-refractivity contribution in [2.75, 3.05) is 40.3 Å². The van der Waals surface area contributed by atoms with Gasteiger partial charge in [-0.15, -0.1) is 0 Å². The number of hydrogen-bond donors (Lipinski definition) is 1. The first-order chi connectivity index (χ1) is 7.67. The second-order valence-corrected chi connectivity index (χ2v) is 3.90. The third-order valence-electron chi connectivity index (χ3n) is 2.67. The summed E-state index contributed by atoms with van der Waals surface area (Å²) in [5, 5.41) is 20.1. The number of nitriles is 1. The van der Waals surface area contributed by atoms with Gasteiger partial charge in [-0.3, -0.25) is 5.41 Å². The Morgan fingerprint density at radius 2 is 2.06 bits per heavy atom. The van der Waals surface area contributed by atoms with Crippen LogP contribution in [-0.4, -0.2) is 55.8 Å². The van der Waals surface area contributed by atoms with Gasteiger partial charge in [-0.25, -0.2) is 0 Å². The first kappa shape index (κ1) is 16.6. The van der Waals surface area contributed by atoms with Crippen molar-refractivity contribution in [3.05, 3.63) is 17.2 Å². The van der Waals surface area contributed by atoms with E-state index in [1.807, 2.05) is 0 Å². The maximum absolute atomic E-state index is 8.59. The van der Waals surface area contributed by atoms with E-state index in [1.165, 1.54) is 6.08 Å². The SMILES string of the molecule is C[N-]/C(=C\C(=N)C#N)N1CCCN(C)CC1.[Y]. The summed E-state index contributed by atoms with van der Waals surface area (Å²) in [6.07, 6.45) is 2.62. The molecule has 0 bridgehead atoms. The minimum Gasteiger partial charge on any atom is -0.469 e. The van der Waals surface area contributed by atoms with Gasteiger partial charge in [-0.2, -0.15) is 5.26 Å². The molecule has 0 aromatic rings. The molecule has 1 radical (unpaired) electrons. The van der Waals surface area contributed by atoms with E-state index in [0.717, 1.165) is 38.4 Å². The third kappa shape index (κ3) is 5.62. The predicted molar refractivity (Wildman–Crippen MR) is 64.4 cm³/mol. The summed E-state index contributed by atoms with van der Waals surface area (Å²) in [7, 11) is 3.80. The molecule has 0 amide bonds. The van der Waals surface area contributed by atoms with Crippen molar-refractivity contribution in [2.24, 2.45) is 0 Å². The number of rotatable bonds is 3. The Balaban J connectivity index is 0.00000256. The van der Waals surface area contributed by atoms with Crippen molar-refractivity contribution >= 4 is 5.71 Å². The minimum absolute atomic E-state index is 0. The fraction of sp³-hybridized carbons (Fsp3) is 0.636. The van der Waals surface area contributed by atoms with E-state index in [9.17, 15) is 0 Å². The van der Waals surface area contributed by atoms with Gasteiger partial charge in [-0.05, 0) is 45.7 Å². The van der Waals surface area contributed by atoms with Gasteiger partial charge in [0.25, 0.3) is 0 Å². The summed E-state index contributed by atoms with van der Waals surface area (Å²) >= 11 is 0. The van der Waals surface area contributed by atoms with Gasteiger partial charge in [0.05, 0.1) is 0 Å². The molecule has 6 heteroatoms. The van der Waals surface area contributed by atoms with Crippen LogP contribution in [0.25, 0.3) is 5.32 Å². The van der Waals surface area contributed by atoms with E-state index in [2.05, 4.69) is 22.2 Å². The van der Waals surface area contributed by atoms with Crippen molar-refractivity contribution in [3.8, 4) is 6.07 Å². The Labute approximate surface area is 128 Å². The van der Waals surface area contributed by atoms with Crippen LogP contribution in [0.5, 0.6) is 0 Å². The molecule has 17 heavy (non-hydrogen) atoms. The number of nitrogens with one attached hydrogen (secondary N) is 1. The molecule has 0 aromatic carbocycles. The van der Waals surface area contributed by atoms with Gasteiger partial charge in [0.2, 0.25) is 0 Å². The fourth-order valence-corrected chi connectivity index (χ4v) is 1.73. The molecule has 1 aliphatic heterocycles. The molecule has 0 atom stereocenters. The van der Waals surface area contributed by atoms with Crippen LogP contribution in [0.1, 0.15) is 6.42 Å². The molecule has 1 rings (SSSR count). The largest absolute Gasteiger partial charge is 0.469 e. The van der Waals surface area contributed by atoms with Crippen LogP contribution >= 0.6 is 0 Å². The number of nitrogens with zero attached hydrogens (tertiary/aromatic N) is 4. The molecule has 0 unspecified atom stereocenters. The summed E-state index contributed by atoms with van der Waals surface area (Å²) in [5.41, 5.74) is -0.0433. The van der Waals surface area contributed by atoms with Crippen molar-refractivity contribution in [2.45, 2.75) is 6.42 Å². The van der Waals surface area contributed by atoms with E-state index in [-0.39, 0.29) is 38.4 Å². The van der Waals surface area contributed by atoms with E-state index >= 15 is 0 Å². The van der Waals surface area contributed by atoms with E-state index in [1.54, 1.807) is 13.1 Å². The van der Waals surface area contributed by atoms with Crippen LogP contribution in [0.3, 0.4) is 0 Å². The van der Waals surface area contributed by atoms with Crippen molar-refractivity contribution in [1.29, 1.82) is 10.7 Å². The van der Waals surface area contributed by atoms with Gasteiger partial charge < -0.3 is 15.1 Å². The van der Waals surface area contributed by atoms with Gasteiger partial charge in [0, 0.05) is 32.7 Å². The van der Waals surface area contributed by atoms with E-state index in [0.29, 0.717) is 0 Å². The first-order valence-electron chi connectivity index (χ1n) is 5.41. The van der Waals surface area contributed by atoms with Crippen LogP contribution in [0.4, 0.5) is 0 Å². The van der Waals surface area contributed by atoms with Crippen LogP contribution in [0.2, 0.25) is 0 Å². The Bertz CT molecular complexity index is 320. The second kappa shape index (κ2) is 8.63. The van der Waals surface area contributed by atoms with Crippen LogP contribution in [-0.2, 0) is 32.7 Å². The fourth-order valence-electron chi connectivity index (χ4n) is 1.73. The molecule has 0 aliphatic carbocycles. The van der Waals surface area contributed by atoms with Gasteiger partial charge in [0.15, 0.2) is 0 Å². The monoisotopic (exact) mass is 309 g/mol. The maximum Gasteiger partial charge on any atom is 0.131 e. The third-order valence-corrected chi connectivity index (χ3v) is 2.67. The molecule has 1 saturated heterocycles. The zero-order valence-electron chi connectivity index (χ0n) is 10.5. The number of hydrogen-bond acceptors (Lipinski definition) is 4. The minimum atomic E-state index is -0.0433. The quantitative estimate of drug-likeness (QED) is 0.791. The standard InChI is InChI=1S/C11H18N5.Y/c1-14-11(8-10(13)9-12)16-5-3-4-15(2)6-7-16;/h8,13H,3-7H2,1-2H3;/q-1;/b11-8+,13-10?;. The van der Waals surface area contributed by atoms with Gasteiger partial charge in [0.1, 0.15) is 11.8 Å². The van der Waals surface area contributed by atoms with Gasteiger partial charge >= 0.3 is 0 Å². The van der Waals surface area contributed by atoms with E-state index in [4.69, 9.17) is 10.7 Å². The molecule has 1 heterocycles. The van der Waals surface area contributed by atoms with Crippen molar-refractivity contribution in [3.63, 3.8) is 0 Å². The van der Waals surface area contributed by atoms with Crippen LogP contribution < -0.4 is 0 Å². The Kier molecular flexibility index (Phi) is 8.40. The summed E-state index contributed by atoms with van der Waals surface area (Å²) in [6.45, 7) is 3.92. The summed E-state index contributed by atoms with van der Waals surface area (Å²) in [5.74, 6) is 0.738. The average molecular weight is 309 g/mol. The molecule has 0 saturated carbocycles. The van der Waals surface area contributed by atoms with Crippen molar-refractivity contribution in [1.82, 2.24) is 9.80 Å². The zero-order valence-corrected chi connectivity index (χ0v) is 13.3. The summed E-state index contributed by atoms with van der Waals surface area (Å²) in [4.78, 5) is 4.41. The Morgan fingerprint density at radius 3 is 2.65 bits per heavy atom. The normalized spacial score (nSPS) is 17.7. The number of likely N-dealkylation sites (N-methyl/N-ethyl adjacent to an activating group) is 1. The number of allylic oxidation sites excluding steroid dienone is 1. The van der Waals surface area contributed by atoms with Crippen molar-refractivity contribution < 1.29 is 32.7 Å². The maximum atomic E-state index is 8.59. The molecule has 91 valence electrons. The topological polar surface area (TPSA) is 68.2 Å². The summed E-state index contributed by atoms with van der Waals surface area (Å²) in [6, 6.07) is 1.80. The molecule has 1 aliphatic rings. The Morgan fingerprint density at radius 1 is 1.35 bits per heavy atom. The first-order valence-corrected chi connectivity index (χ1v) is 5.41. The molecular formula is C11H18N5Y-. The molecular weight excluding hydrogens is 291 g/mol. The van der Waals surface area contributed by atoms with E-state index < -0.39 is 0 Å². The smallest absolute Gasteiger partial charge is 0.131 e. The predicted octanol–water partition coefficient (Wildman–Crippen LogP) is 1.01. The molecule has 0 spiro atoms. The second-order valence-electron chi connectivity index (χ2n) is 3.90. The molecule has 5 nitrogen and oxygen atoms in total. The molecule has 0 aromatic heterocycles. The van der Waals surface area contributed by atoms with Crippen LogP contribution in [0, 0.1) is 16.7 Å². The summed E-state index contributed by atoms with van der Waals surface area (Å²) < 4.78 is 0. The molecule has 1 fully saturated rings. The van der Waals surface area contributed by atoms with Crippen LogP contribution in [0.15, 0.2) is 11.9 Å². The van der Waals surface area contributed by atoms with Gasteiger partial charge in [-0.1, -0.05) is 12.9 Å². The molecule has 1 N–H and O–H groups in total.